The highest BCUT2D eigenvalue weighted by atomic mass is 32.2. The average Bonchev–Trinajstić information content (AvgIpc) is 2.37. The van der Waals surface area contributed by atoms with Crippen LogP contribution in [0, 0.1) is 0 Å². The number of halogens is 1. The third-order valence-corrected chi connectivity index (χ3v) is 4.63. The van der Waals surface area contributed by atoms with E-state index in [4.69, 9.17) is 0 Å². The Morgan fingerprint density at radius 3 is 2.21 bits per heavy atom. The van der Waals surface area contributed by atoms with Crippen LogP contribution >= 0.6 is 0 Å². The zero-order valence-corrected chi connectivity index (χ0v) is 12.5. The Hall–Kier alpha value is -0.910. The Morgan fingerprint density at radius 1 is 1.26 bits per heavy atom. The maximum atomic E-state index is 14.0. The normalized spacial score (nSPS) is 18.4. The van der Waals surface area contributed by atoms with Crippen LogP contribution in [0.4, 0.5) is 4.39 Å². The lowest BCUT2D eigenvalue weighted by molar-refractivity contribution is -0.114. The molecule has 0 radical (unpaired) electrons. The van der Waals surface area contributed by atoms with Crippen molar-refractivity contribution in [2.75, 3.05) is 0 Å². The molecule has 106 valence electrons. The van der Waals surface area contributed by atoms with Gasteiger partial charge in [-0.2, -0.15) is 0 Å². The standard InChI is InChI=1S/C14H20FNO2S/c1-13(2,3)19(18)16-14(4,12(15)10-17)11-8-6-5-7-9-11/h5-10,12,16H,1-4H3/t12-,14?,19+/m0/s1. The molecule has 0 bridgehead atoms. The first-order valence-corrected chi connectivity index (χ1v) is 7.21. The van der Waals surface area contributed by atoms with Gasteiger partial charge in [-0.15, -0.1) is 4.72 Å². The van der Waals surface area contributed by atoms with E-state index < -0.39 is 27.8 Å². The minimum absolute atomic E-state index is 0.236. The van der Waals surface area contributed by atoms with Crippen molar-refractivity contribution in [1.82, 2.24) is 4.72 Å². The smallest absolute Gasteiger partial charge is 0.181 e. The topological polar surface area (TPSA) is 52.2 Å². The van der Waals surface area contributed by atoms with E-state index in [1.54, 1.807) is 58.0 Å². The highest BCUT2D eigenvalue weighted by Gasteiger charge is 2.43. The van der Waals surface area contributed by atoms with Gasteiger partial charge in [-0.1, -0.05) is 30.3 Å². The predicted octanol–water partition coefficient (Wildman–Crippen LogP) is 2.49. The fourth-order valence-electron chi connectivity index (χ4n) is 1.54. The molecule has 0 amide bonds. The lowest BCUT2D eigenvalue weighted by Crippen LogP contribution is -2.54. The monoisotopic (exact) mass is 285 g/mol. The van der Waals surface area contributed by atoms with Gasteiger partial charge in [0.25, 0.3) is 0 Å². The predicted molar refractivity (Wildman–Crippen MR) is 75.8 cm³/mol. The molecule has 1 unspecified atom stereocenters. The maximum absolute atomic E-state index is 14.0. The molecule has 5 heteroatoms. The molecule has 0 aromatic heterocycles. The van der Waals surface area contributed by atoms with Crippen LogP contribution in [-0.4, -0.2) is 21.8 Å². The molecule has 19 heavy (non-hydrogen) atoms. The second-order valence-corrected chi connectivity index (χ2v) is 7.56. The van der Waals surface area contributed by atoms with E-state index in [1.807, 2.05) is 0 Å². The summed E-state index contributed by atoms with van der Waals surface area (Å²) in [6.07, 6.45) is -1.54. The van der Waals surface area contributed by atoms with Gasteiger partial charge >= 0.3 is 0 Å². The molecule has 0 spiro atoms. The molecule has 0 saturated carbocycles. The van der Waals surface area contributed by atoms with Crippen LogP contribution in [0.25, 0.3) is 0 Å². The Kier molecular flexibility index (Phi) is 5.12. The van der Waals surface area contributed by atoms with Crippen molar-refractivity contribution < 1.29 is 13.7 Å². The Balaban J connectivity index is 3.12. The minimum Gasteiger partial charge on any atom is -0.598 e. The van der Waals surface area contributed by atoms with E-state index in [1.165, 1.54) is 0 Å². The number of nitrogens with one attached hydrogen (secondary N) is 1. The van der Waals surface area contributed by atoms with Gasteiger partial charge in [-0.3, -0.25) is 0 Å². The van der Waals surface area contributed by atoms with Crippen molar-refractivity contribution in [3.05, 3.63) is 35.9 Å². The number of alkyl halides is 1. The molecular weight excluding hydrogens is 265 g/mol. The number of benzene rings is 1. The summed E-state index contributed by atoms with van der Waals surface area (Å²) in [6.45, 7) is 6.91. The highest BCUT2D eigenvalue weighted by molar-refractivity contribution is 7.90. The summed E-state index contributed by atoms with van der Waals surface area (Å²) in [4.78, 5) is 10.8. The van der Waals surface area contributed by atoms with Crippen LogP contribution < -0.4 is 4.72 Å². The molecule has 0 saturated heterocycles. The summed E-state index contributed by atoms with van der Waals surface area (Å²) in [7, 11) is 0. The Labute approximate surface area is 116 Å². The number of carbonyl (C=O) groups is 1. The SMILES string of the molecule is CC(N[S@+]([O-])C(C)(C)C)(c1ccccc1)[C@@H](F)C=O. The van der Waals surface area contributed by atoms with Crippen LogP contribution in [0.5, 0.6) is 0 Å². The molecule has 1 N–H and O–H groups in total. The van der Waals surface area contributed by atoms with E-state index in [0.29, 0.717) is 5.56 Å². The minimum atomic E-state index is -1.78. The van der Waals surface area contributed by atoms with Crippen molar-refractivity contribution in [1.29, 1.82) is 0 Å². The molecule has 0 aliphatic rings. The van der Waals surface area contributed by atoms with Crippen molar-refractivity contribution >= 4 is 17.6 Å². The Bertz CT molecular complexity index is 421. The molecule has 3 atom stereocenters. The van der Waals surface area contributed by atoms with E-state index >= 15 is 0 Å². The lowest BCUT2D eigenvalue weighted by Gasteiger charge is -2.35. The first-order chi connectivity index (χ1) is 8.71. The first kappa shape index (κ1) is 16.1. The zero-order chi connectivity index (χ0) is 14.7. The number of aldehydes is 1. The fraction of sp³-hybridized carbons (Fsp3) is 0.500. The Morgan fingerprint density at radius 2 is 1.79 bits per heavy atom. The maximum Gasteiger partial charge on any atom is 0.181 e. The summed E-state index contributed by atoms with van der Waals surface area (Å²) in [6, 6.07) is 8.74. The van der Waals surface area contributed by atoms with Gasteiger partial charge in [0.1, 0.15) is 10.3 Å². The summed E-state index contributed by atoms with van der Waals surface area (Å²) >= 11 is -1.48. The average molecular weight is 285 g/mol. The fourth-order valence-corrected chi connectivity index (χ4v) is 2.46. The van der Waals surface area contributed by atoms with Gasteiger partial charge in [0, 0.05) is 11.4 Å². The van der Waals surface area contributed by atoms with Gasteiger partial charge in [-0.05, 0) is 33.3 Å². The van der Waals surface area contributed by atoms with Gasteiger partial charge in [0.2, 0.25) is 0 Å². The third kappa shape index (κ3) is 3.78. The van der Waals surface area contributed by atoms with E-state index in [2.05, 4.69) is 4.72 Å². The lowest BCUT2D eigenvalue weighted by atomic mass is 9.89. The number of hydrogen-bond acceptors (Lipinski definition) is 3. The largest absolute Gasteiger partial charge is 0.598 e. The molecular formula is C14H20FNO2S. The van der Waals surface area contributed by atoms with Crippen molar-refractivity contribution in [3.8, 4) is 0 Å². The van der Waals surface area contributed by atoms with Gasteiger partial charge in [-0.25, -0.2) is 4.39 Å². The molecule has 1 aromatic rings. The summed E-state index contributed by atoms with van der Waals surface area (Å²) in [5.74, 6) is 0. The van der Waals surface area contributed by atoms with Crippen molar-refractivity contribution in [2.45, 2.75) is 44.2 Å². The first-order valence-electron chi connectivity index (χ1n) is 6.06. The molecule has 0 aliphatic heterocycles. The quantitative estimate of drug-likeness (QED) is 0.668. The zero-order valence-electron chi connectivity index (χ0n) is 11.6. The van der Waals surface area contributed by atoms with Crippen molar-refractivity contribution in [3.63, 3.8) is 0 Å². The van der Waals surface area contributed by atoms with Crippen molar-refractivity contribution in [2.24, 2.45) is 0 Å². The molecule has 0 fully saturated rings. The second kappa shape index (κ2) is 6.03. The van der Waals surface area contributed by atoms with Crippen LogP contribution in [0.3, 0.4) is 0 Å². The molecule has 0 heterocycles. The van der Waals surface area contributed by atoms with Gasteiger partial charge in [0.05, 0.1) is 0 Å². The number of rotatable bonds is 5. The molecule has 0 aliphatic carbocycles. The van der Waals surface area contributed by atoms with E-state index in [-0.39, 0.29) is 6.29 Å². The van der Waals surface area contributed by atoms with Crippen LogP contribution in [0.1, 0.15) is 33.3 Å². The molecule has 3 nitrogen and oxygen atoms in total. The number of carbonyl (C=O) groups excluding carboxylic acids is 1. The summed E-state index contributed by atoms with van der Waals surface area (Å²) in [5, 5.41) is 0. The molecule has 1 rings (SSSR count). The van der Waals surface area contributed by atoms with Crippen LogP contribution in [-0.2, 0) is 21.7 Å². The molecule has 1 aromatic carbocycles. The van der Waals surface area contributed by atoms with Gasteiger partial charge in [0.15, 0.2) is 12.5 Å². The summed E-state index contributed by atoms with van der Waals surface area (Å²) in [5.41, 5.74) is -0.714. The third-order valence-electron chi connectivity index (χ3n) is 2.91. The second-order valence-electron chi connectivity index (χ2n) is 5.59. The highest BCUT2D eigenvalue weighted by Crippen LogP contribution is 2.29. The number of hydrogen-bond donors (Lipinski definition) is 1. The summed E-state index contributed by atoms with van der Waals surface area (Å²) < 4.78 is 28.5. The van der Waals surface area contributed by atoms with E-state index in [9.17, 15) is 13.7 Å². The van der Waals surface area contributed by atoms with Gasteiger partial charge < -0.3 is 9.35 Å². The van der Waals surface area contributed by atoms with Crippen LogP contribution in [0.15, 0.2) is 30.3 Å². The van der Waals surface area contributed by atoms with E-state index in [0.717, 1.165) is 0 Å². The van der Waals surface area contributed by atoms with Crippen LogP contribution in [0.2, 0.25) is 0 Å².